The Morgan fingerprint density at radius 3 is 2.55 bits per heavy atom. The average Bonchev–Trinajstić information content (AvgIpc) is 3.01. The summed E-state index contributed by atoms with van der Waals surface area (Å²) in [6.07, 6.45) is 4.52. The minimum atomic E-state index is -0.989. The molecule has 116 valence electrons. The van der Waals surface area contributed by atoms with Crippen LogP contribution >= 0.6 is 0 Å². The number of hydrogen-bond acceptors (Lipinski definition) is 3. The van der Waals surface area contributed by atoms with E-state index in [0.29, 0.717) is 13.0 Å². The Balaban J connectivity index is 2.04. The number of carboxylic acids is 1. The summed E-state index contributed by atoms with van der Waals surface area (Å²) in [6.45, 7) is 0.569. The zero-order valence-corrected chi connectivity index (χ0v) is 12.3. The van der Waals surface area contributed by atoms with Crippen molar-refractivity contribution in [1.82, 2.24) is 10.2 Å². The lowest BCUT2D eigenvalue weighted by Crippen LogP contribution is -2.44. The maximum absolute atomic E-state index is 12.2. The van der Waals surface area contributed by atoms with E-state index in [2.05, 4.69) is 5.32 Å². The van der Waals surface area contributed by atoms with Crippen LogP contribution in [0, 0.1) is 0 Å². The van der Waals surface area contributed by atoms with Gasteiger partial charge in [0.05, 0.1) is 5.56 Å². The van der Waals surface area contributed by atoms with E-state index in [1.54, 1.807) is 30.2 Å². The summed E-state index contributed by atoms with van der Waals surface area (Å²) in [5.41, 5.74) is 0.928. The summed E-state index contributed by atoms with van der Waals surface area (Å²) in [6, 6.07) is 5.82. The first kappa shape index (κ1) is 15.8. The van der Waals surface area contributed by atoms with Crippen LogP contribution in [0.4, 0.5) is 0 Å². The number of nitrogens with zero attached hydrogens (tertiary/aromatic N) is 1. The van der Waals surface area contributed by atoms with Crippen molar-refractivity contribution in [1.29, 1.82) is 0 Å². The van der Waals surface area contributed by atoms with Crippen molar-refractivity contribution in [3.05, 3.63) is 41.5 Å². The number of nitrogens with one attached hydrogen (secondary N) is 1. The van der Waals surface area contributed by atoms with Gasteiger partial charge in [-0.05, 0) is 36.6 Å². The summed E-state index contributed by atoms with van der Waals surface area (Å²) in [4.78, 5) is 36.2. The van der Waals surface area contributed by atoms with E-state index >= 15 is 0 Å². The van der Waals surface area contributed by atoms with E-state index in [9.17, 15) is 14.4 Å². The van der Waals surface area contributed by atoms with E-state index in [1.165, 1.54) is 18.2 Å². The van der Waals surface area contributed by atoms with Crippen molar-refractivity contribution in [3.8, 4) is 0 Å². The smallest absolute Gasteiger partial charge is 0.335 e. The van der Waals surface area contributed by atoms with Crippen molar-refractivity contribution in [2.45, 2.75) is 18.9 Å². The van der Waals surface area contributed by atoms with Gasteiger partial charge in [-0.1, -0.05) is 12.1 Å². The largest absolute Gasteiger partial charge is 0.478 e. The zero-order valence-electron chi connectivity index (χ0n) is 12.3. The third-order valence-electron chi connectivity index (χ3n) is 3.66. The lowest BCUT2D eigenvalue weighted by molar-refractivity contribution is -0.134. The Bertz CT molecular complexity index is 607. The molecule has 1 atom stereocenters. The van der Waals surface area contributed by atoms with Crippen molar-refractivity contribution >= 4 is 23.9 Å². The minimum Gasteiger partial charge on any atom is -0.478 e. The second kappa shape index (κ2) is 6.89. The number of rotatable bonds is 4. The van der Waals surface area contributed by atoms with Crippen molar-refractivity contribution in [2.75, 3.05) is 13.6 Å². The lowest BCUT2D eigenvalue weighted by Gasteiger charge is -2.21. The molecule has 2 amide bonds. The maximum atomic E-state index is 12.2. The van der Waals surface area contributed by atoms with E-state index in [-0.39, 0.29) is 17.4 Å². The highest BCUT2D eigenvalue weighted by atomic mass is 16.4. The van der Waals surface area contributed by atoms with Crippen LogP contribution in [0.25, 0.3) is 6.08 Å². The van der Waals surface area contributed by atoms with Gasteiger partial charge in [-0.2, -0.15) is 0 Å². The van der Waals surface area contributed by atoms with Crippen LogP contribution in [0.2, 0.25) is 0 Å². The number of likely N-dealkylation sites (N-methyl/N-ethyl adjacent to an activating group) is 1. The predicted molar refractivity (Wildman–Crippen MR) is 81.2 cm³/mol. The van der Waals surface area contributed by atoms with Gasteiger partial charge < -0.3 is 15.3 Å². The molecule has 1 aliphatic rings. The Morgan fingerprint density at radius 2 is 1.95 bits per heavy atom. The topological polar surface area (TPSA) is 86.7 Å². The first-order chi connectivity index (χ1) is 10.5. The number of carbonyl (C=O) groups excluding carboxylic acids is 2. The Morgan fingerprint density at radius 1 is 1.27 bits per heavy atom. The highest BCUT2D eigenvalue weighted by Gasteiger charge is 2.32. The lowest BCUT2D eigenvalue weighted by atomic mass is 10.1. The highest BCUT2D eigenvalue weighted by molar-refractivity contribution is 5.96. The van der Waals surface area contributed by atoms with E-state index < -0.39 is 12.0 Å². The fraction of sp³-hybridized carbons (Fsp3) is 0.312. The van der Waals surface area contributed by atoms with Crippen LogP contribution in [0.3, 0.4) is 0 Å². The molecule has 0 aliphatic carbocycles. The number of hydrogen-bond donors (Lipinski definition) is 2. The number of aromatic carboxylic acids is 1. The average molecular weight is 302 g/mol. The zero-order chi connectivity index (χ0) is 16.1. The van der Waals surface area contributed by atoms with Gasteiger partial charge >= 0.3 is 5.97 Å². The summed E-state index contributed by atoms with van der Waals surface area (Å²) in [5, 5.41) is 11.4. The van der Waals surface area contributed by atoms with Crippen molar-refractivity contribution in [2.24, 2.45) is 0 Å². The van der Waals surface area contributed by atoms with Gasteiger partial charge in [-0.15, -0.1) is 0 Å². The first-order valence-electron chi connectivity index (χ1n) is 7.06. The Hall–Kier alpha value is -2.63. The molecule has 0 unspecified atom stereocenters. The fourth-order valence-corrected chi connectivity index (χ4v) is 2.47. The second-order valence-electron chi connectivity index (χ2n) is 5.06. The molecule has 0 bridgehead atoms. The number of carboxylic acid groups (broad SMARTS) is 1. The molecule has 22 heavy (non-hydrogen) atoms. The highest BCUT2D eigenvalue weighted by Crippen LogP contribution is 2.18. The molecule has 1 aliphatic heterocycles. The number of carbonyl (C=O) groups is 3. The molecule has 6 heteroatoms. The molecule has 1 aromatic carbocycles. The SMILES string of the molecule is CNC(=O)[C@@H]1CCCN1C(=O)/C=C/c1ccc(C(=O)O)cc1. The number of likely N-dealkylation sites (tertiary alicyclic amines) is 1. The molecule has 1 heterocycles. The minimum absolute atomic E-state index is 0.148. The molecule has 1 fully saturated rings. The number of benzene rings is 1. The van der Waals surface area contributed by atoms with E-state index in [4.69, 9.17) is 5.11 Å². The Kier molecular flexibility index (Phi) is 4.93. The van der Waals surface area contributed by atoms with Crippen LogP contribution in [0.1, 0.15) is 28.8 Å². The van der Waals surface area contributed by atoms with Crippen LogP contribution in [0.5, 0.6) is 0 Å². The molecule has 2 N–H and O–H groups in total. The van der Waals surface area contributed by atoms with Gasteiger partial charge in [0.2, 0.25) is 11.8 Å². The molecule has 1 aromatic rings. The quantitative estimate of drug-likeness (QED) is 0.816. The molecular weight excluding hydrogens is 284 g/mol. The van der Waals surface area contributed by atoms with Gasteiger partial charge in [0.1, 0.15) is 6.04 Å². The van der Waals surface area contributed by atoms with Gasteiger partial charge in [0.15, 0.2) is 0 Å². The maximum Gasteiger partial charge on any atom is 0.335 e. The Labute approximate surface area is 128 Å². The third-order valence-corrected chi connectivity index (χ3v) is 3.66. The third kappa shape index (κ3) is 3.52. The fourth-order valence-electron chi connectivity index (χ4n) is 2.47. The molecule has 6 nitrogen and oxygen atoms in total. The summed E-state index contributed by atoms with van der Waals surface area (Å²) in [7, 11) is 1.56. The number of amides is 2. The summed E-state index contributed by atoms with van der Waals surface area (Å²) < 4.78 is 0. The first-order valence-corrected chi connectivity index (χ1v) is 7.06. The van der Waals surface area contributed by atoms with Crippen molar-refractivity contribution in [3.63, 3.8) is 0 Å². The van der Waals surface area contributed by atoms with Crippen LogP contribution in [-0.4, -0.2) is 47.4 Å². The van der Waals surface area contributed by atoms with E-state index in [0.717, 1.165) is 12.0 Å². The van der Waals surface area contributed by atoms with Gasteiger partial charge in [-0.3, -0.25) is 9.59 Å². The van der Waals surface area contributed by atoms with Gasteiger partial charge in [-0.25, -0.2) is 4.79 Å². The molecule has 1 saturated heterocycles. The predicted octanol–water partition coefficient (Wildman–Crippen LogP) is 1.13. The standard InChI is InChI=1S/C16H18N2O4/c1-17-15(20)13-3-2-10-18(13)14(19)9-6-11-4-7-12(8-5-11)16(21)22/h4-9,13H,2-3,10H2,1H3,(H,17,20)(H,21,22)/b9-6+/t13-/m0/s1. The van der Waals surface area contributed by atoms with Crippen molar-refractivity contribution < 1.29 is 19.5 Å². The molecule has 0 aromatic heterocycles. The van der Waals surface area contributed by atoms with Crippen LogP contribution in [0.15, 0.2) is 30.3 Å². The molecule has 0 saturated carbocycles. The normalized spacial score (nSPS) is 17.7. The molecule has 2 rings (SSSR count). The summed E-state index contributed by atoms with van der Waals surface area (Å²) >= 11 is 0. The van der Waals surface area contributed by atoms with Gasteiger partial charge in [0.25, 0.3) is 0 Å². The second-order valence-corrected chi connectivity index (χ2v) is 5.06. The molecular formula is C16H18N2O4. The van der Waals surface area contributed by atoms with Crippen LogP contribution in [-0.2, 0) is 9.59 Å². The molecule has 0 radical (unpaired) electrons. The van der Waals surface area contributed by atoms with Gasteiger partial charge in [0, 0.05) is 19.7 Å². The molecule has 0 spiro atoms. The summed E-state index contributed by atoms with van der Waals surface area (Å²) in [5.74, 6) is -1.35. The van der Waals surface area contributed by atoms with E-state index in [1.807, 2.05) is 0 Å². The monoisotopic (exact) mass is 302 g/mol. The van der Waals surface area contributed by atoms with Crippen LogP contribution < -0.4 is 5.32 Å².